The number of carbonyl (C=O) groups excluding carboxylic acids is 1. The van der Waals surface area contributed by atoms with E-state index in [1.165, 1.54) is 24.4 Å². The van der Waals surface area contributed by atoms with Crippen LogP contribution in [0.2, 0.25) is 0 Å². The number of aromatic nitrogens is 1. The molecule has 1 aromatic heterocycles. The normalized spacial score (nSPS) is 11.8. The Morgan fingerprint density at radius 1 is 1.10 bits per heavy atom. The van der Waals surface area contributed by atoms with Crippen LogP contribution in [0.4, 0.5) is 0 Å². The summed E-state index contributed by atoms with van der Waals surface area (Å²) < 4.78 is 26.0. The smallest absolute Gasteiger partial charge is 0.268 e. The van der Waals surface area contributed by atoms with E-state index in [0.717, 1.165) is 3.97 Å². The highest BCUT2D eigenvalue weighted by atomic mass is 32.2. The summed E-state index contributed by atoms with van der Waals surface area (Å²) >= 11 is 0. The fourth-order valence-corrected chi connectivity index (χ4v) is 3.25. The van der Waals surface area contributed by atoms with Gasteiger partial charge in [-0.1, -0.05) is 18.2 Å². The van der Waals surface area contributed by atoms with Crippen LogP contribution >= 0.6 is 0 Å². The van der Waals surface area contributed by atoms with Gasteiger partial charge in [-0.2, -0.15) is 0 Å². The molecule has 0 unspecified atom stereocenters. The highest BCUT2D eigenvalue weighted by Crippen LogP contribution is 2.16. The monoisotopic (exact) mass is 292 g/mol. The number of likely N-dealkylation sites (N-methyl/N-ethyl adjacent to an activating group) is 1. The maximum atomic E-state index is 12.5. The quantitative estimate of drug-likeness (QED) is 0.783. The Balaban J connectivity index is 2.45. The maximum absolute atomic E-state index is 12.5. The van der Waals surface area contributed by atoms with Crippen molar-refractivity contribution >= 4 is 15.8 Å². The van der Waals surface area contributed by atoms with Crippen molar-refractivity contribution in [1.29, 1.82) is 0 Å². The molecule has 6 heteroatoms. The summed E-state index contributed by atoms with van der Waals surface area (Å²) in [5.41, 5.74) is 0.169. The zero-order chi connectivity index (χ0) is 14.8. The third kappa shape index (κ3) is 2.81. The molecule has 0 fully saturated rings. The molecule has 0 saturated carbocycles. The van der Waals surface area contributed by atoms with Crippen molar-refractivity contribution in [3.63, 3.8) is 0 Å². The lowest BCUT2D eigenvalue weighted by molar-refractivity contribution is 0.0952. The first-order chi connectivity index (χ1) is 9.43. The van der Waals surface area contributed by atoms with Crippen molar-refractivity contribution in [2.24, 2.45) is 0 Å². The van der Waals surface area contributed by atoms with Gasteiger partial charge < -0.3 is 4.90 Å². The zero-order valence-electron chi connectivity index (χ0n) is 11.4. The number of Topliss-reactive ketones (excluding diaryl/α,β-unsaturated/α-hetero) is 1. The predicted molar refractivity (Wildman–Crippen MR) is 76.3 cm³/mol. The van der Waals surface area contributed by atoms with Crippen molar-refractivity contribution in [1.82, 2.24) is 8.87 Å². The predicted octanol–water partition coefficient (Wildman–Crippen LogP) is 1.47. The Morgan fingerprint density at radius 2 is 1.75 bits per heavy atom. The molecular weight excluding hydrogens is 276 g/mol. The molecule has 2 rings (SSSR count). The van der Waals surface area contributed by atoms with E-state index in [9.17, 15) is 13.2 Å². The fourth-order valence-electron chi connectivity index (χ4n) is 1.87. The van der Waals surface area contributed by atoms with Gasteiger partial charge in [0, 0.05) is 6.20 Å². The number of ketones is 1. The summed E-state index contributed by atoms with van der Waals surface area (Å²) in [5, 5.41) is 0. The van der Waals surface area contributed by atoms with Gasteiger partial charge in [0.25, 0.3) is 10.0 Å². The Morgan fingerprint density at radius 3 is 2.35 bits per heavy atom. The standard InChI is InChI=1S/C14H16N2O3S/c1-15(2)11-14(17)13-9-6-10-16(13)20(18,19)12-7-4-3-5-8-12/h3-10H,11H2,1-2H3. The molecule has 5 nitrogen and oxygen atoms in total. The van der Waals surface area contributed by atoms with E-state index < -0.39 is 10.0 Å². The van der Waals surface area contributed by atoms with Crippen molar-refractivity contribution in [3.05, 3.63) is 54.4 Å². The Hall–Kier alpha value is -1.92. The van der Waals surface area contributed by atoms with Crippen LogP contribution in [-0.2, 0) is 10.0 Å². The van der Waals surface area contributed by atoms with E-state index in [1.807, 2.05) is 0 Å². The minimum absolute atomic E-state index is 0.161. The summed E-state index contributed by atoms with van der Waals surface area (Å²) in [7, 11) is -0.208. The van der Waals surface area contributed by atoms with E-state index >= 15 is 0 Å². The topological polar surface area (TPSA) is 59.4 Å². The molecule has 1 aromatic carbocycles. The van der Waals surface area contributed by atoms with Crippen LogP contribution in [0.25, 0.3) is 0 Å². The second kappa shape index (κ2) is 5.60. The van der Waals surface area contributed by atoms with Gasteiger partial charge in [-0.25, -0.2) is 12.4 Å². The molecule has 0 radical (unpaired) electrons. The van der Waals surface area contributed by atoms with Gasteiger partial charge in [0.15, 0.2) is 5.78 Å². The molecule has 106 valence electrons. The average Bonchev–Trinajstić information content (AvgIpc) is 2.89. The third-order valence-electron chi connectivity index (χ3n) is 2.76. The van der Waals surface area contributed by atoms with Crippen molar-refractivity contribution in [2.75, 3.05) is 20.6 Å². The molecular formula is C14H16N2O3S. The summed E-state index contributed by atoms with van der Waals surface area (Å²) in [6, 6.07) is 11.1. The van der Waals surface area contributed by atoms with E-state index in [1.54, 1.807) is 43.3 Å². The van der Waals surface area contributed by atoms with E-state index in [2.05, 4.69) is 0 Å². The molecule has 0 amide bonds. The number of carbonyl (C=O) groups is 1. The largest absolute Gasteiger partial charge is 0.302 e. The van der Waals surface area contributed by atoms with Crippen molar-refractivity contribution in [2.45, 2.75) is 4.90 Å². The molecule has 0 aliphatic rings. The van der Waals surface area contributed by atoms with Crippen LogP contribution in [-0.4, -0.2) is 43.7 Å². The third-order valence-corrected chi connectivity index (χ3v) is 4.46. The first-order valence-corrected chi connectivity index (χ1v) is 7.53. The van der Waals surface area contributed by atoms with Gasteiger partial charge in [-0.05, 0) is 38.4 Å². The van der Waals surface area contributed by atoms with Gasteiger partial charge in [-0.15, -0.1) is 0 Å². The van der Waals surface area contributed by atoms with Gasteiger partial charge in [0.1, 0.15) is 5.69 Å². The molecule has 0 atom stereocenters. The molecule has 0 bridgehead atoms. The molecule has 0 aliphatic heterocycles. The number of benzene rings is 1. The summed E-state index contributed by atoms with van der Waals surface area (Å²) in [4.78, 5) is 14.0. The van der Waals surface area contributed by atoms with E-state index in [4.69, 9.17) is 0 Å². The molecule has 2 aromatic rings. The van der Waals surface area contributed by atoms with Crippen LogP contribution in [0.1, 0.15) is 10.5 Å². The van der Waals surface area contributed by atoms with Gasteiger partial charge >= 0.3 is 0 Å². The molecule has 0 aliphatic carbocycles. The lowest BCUT2D eigenvalue weighted by Gasteiger charge is -2.12. The number of rotatable bonds is 5. The van der Waals surface area contributed by atoms with Gasteiger partial charge in [-0.3, -0.25) is 4.79 Å². The Kier molecular flexibility index (Phi) is 4.06. The van der Waals surface area contributed by atoms with Crippen molar-refractivity contribution in [3.8, 4) is 0 Å². The highest BCUT2D eigenvalue weighted by molar-refractivity contribution is 7.90. The van der Waals surface area contributed by atoms with Crippen LogP contribution in [0.15, 0.2) is 53.6 Å². The summed E-state index contributed by atoms with van der Waals surface area (Å²) in [6.07, 6.45) is 1.39. The molecule has 20 heavy (non-hydrogen) atoms. The number of hydrogen-bond donors (Lipinski definition) is 0. The zero-order valence-corrected chi connectivity index (χ0v) is 12.2. The number of hydrogen-bond acceptors (Lipinski definition) is 4. The van der Waals surface area contributed by atoms with Crippen LogP contribution < -0.4 is 0 Å². The first-order valence-electron chi connectivity index (χ1n) is 6.09. The first kappa shape index (κ1) is 14.5. The van der Waals surface area contributed by atoms with Crippen molar-refractivity contribution < 1.29 is 13.2 Å². The van der Waals surface area contributed by atoms with E-state index in [-0.39, 0.29) is 22.9 Å². The SMILES string of the molecule is CN(C)CC(=O)c1cccn1S(=O)(=O)c1ccccc1. The second-order valence-corrected chi connectivity index (χ2v) is 6.48. The molecule has 0 saturated heterocycles. The highest BCUT2D eigenvalue weighted by Gasteiger charge is 2.22. The van der Waals surface area contributed by atoms with E-state index in [0.29, 0.717) is 0 Å². The Labute approximate surface area is 118 Å². The van der Waals surface area contributed by atoms with Crippen LogP contribution in [0, 0.1) is 0 Å². The maximum Gasteiger partial charge on any atom is 0.268 e. The molecule has 1 heterocycles. The minimum atomic E-state index is -3.73. The van der Waals surface area contributed by atoms with Gasteiger partial charge in [0.05, 0.1) is 11.4 Å². The minimum Gasteiger partial charge on any atom is -0.302 e. The lowest BCUT2D eigenvalue weighted by Crippen LogP contribution is -2.25. The van der Waals surface area contributed by atoms with Crippen LogP contribution in [0.3, 0.4) is 0 Å². The fraction of sp³-hybridized carbons (Fsp3) is 0.214. The van der Waals surface area contributed by atoms with Crippen LogP contribution in [0.5, 0.6) is 0 Å². The second-order valence-electron chi connectivity index (χ2n) is 4.67. The number of nitrogens with zero attached hydrogens (tertiary/aromatic N) is 2. The molecule has 0 spiro atoms. The summed E-state index contributed by atoms with van der Waals surface area (Å²) in [6.45, 7) is 0.161. The summed E-state index contributed by atoms with van der Waals surface area (Å²) in [5.74, 6) is -0.237. The average molecular weight is 292 g/mol. The Bertz CT molecular complexity index is 703. The lowest BCUT2D eigenvalue weighted by atomic mass is 10.3. The molecule has 0 N–H and O–H groups in total. The van der Waals surface area contributed by atoms with Gasteiger partial charge in [0.2, 0.25) is 0 Å².